The number of rotatable bonds is 6. The first kappa shape index (κ1) is 39.7. The van der Waals surface area contributed by atoms with Crippen molar-refractivity contribution in [3.63, 3.8) is 0 Å². The quantitative estimate of drug-likeness (QED) is 0.0802. The molecule has 314 valence electrons. The highest BCUT2D eigenvalue weighted by Crippen LogP contribution is 2.47. The van der Waals surface area contributed by atoms with Crippen LogP contribution in [0.3, 0.4) is 0 Å². The standard InChI is InChI=1S/C44H22N4O16/c49-37(50)22-14-13-21-23(24(22)38(51)52)36-28(42(59)60)32-18-10-4-3-9-17(18)30(46-32)26(40(55)56)34-20-12-6-5-11-19(20)33(47(34)43(61)62)25(39(53)54)29-15-7-1-2-8-16(15)31(45-29)27(41(57)58)35(21)48(36)44(63)64/h1-14H,(H,49,50)(H,51,52)(H,53,54)(H,55,56)(H,57,58)(H,59,60)(H,61,62)(H,63,64). The molecule has 20 heteroatoms. The van der Waals surface area contributed by atoms with E-state index in [0.29, 0.717) is 4.57 Å². The van der Waals surface area contributed by atoms with Gasteiger partial charge < -0.3 is 40.9 Å². The van der Waals surface area contributed by atoms with E-state index < -0.39 is 137 Å². The van der Waals surface area contributed by atoms with E-state index in [2.05, 4.69) is 9.97 Å². The minimum Gasteiger partial charge on any atom is -0.478 e. The van der Waals surface area contributed by atoms with E-state index in [-0.39, 0.29) is 37.6 Å². The molecule has 4 aromatic carbocycles. The van der Waals surface area contributed by atoms with Gasteiger partial charge in [-0.3, -0.25) is 0 Å². The van der Waals surface area contributed by atoms with Gasteiger partial charge in [-0.1, -0.05) is 78.9 Å². The fourth-order valence-corrected chi connectivity index (χ4v) is 8.68. The van der Waals surface area contributed by atoms with Gasteiger partial charge in [-0.25, -0.2) is 57.5 Å². The lowest BCUT2D eigenvalue weighted by Gasteiger charge is -2.08. The molecule has 9 rings (SSSR count). The smallest absolute Gasteiger partial charge is 0.416 e. The van der Waals surface area contributed by atoms with Gasteiger partial charge in [0.25, 0.3) is 0 Å². The minimum absolute atomic E-state index is 0.118. The summed E-state index contributed by atoms with van der Waals surface area (Å²) >= 11 is 0. The van der Waals surface area contributed by atoms with E-state index in [1.807, 2.05) is 0 Å². The number of benzene rings is 4. The summed E-state index contributed by atoms with van der Waals surface area (Å²) in [6.07, 6.45) is -4.04. The fourth-order valence-electron chi connectivity index (χ4n) is 8.68. The van der Waals surface area contributed by atoms with E-state index in [1.54, 1.807) is 0 Å². The van der Waals surface area contributed by atoms with Gasteiger partial charge in [0.2, 0.25) is 0 Å². The Morgan fingerprint density at radius 1 is 0.344 bits per heavy atom. The predicted octanol–water partition coefficient (Wildman–Crippen LogP) is 7.48. The summed E-state index contributed by atoms with van der Waals surface area (Å²) < 4.78 is 0.508. The Bertz CT molecular complexity index is 3650. The number of aromatic nitrogens is 4. The monoisotopic (exact) mass is 862 g/mol. The third-order valence-electron chi connectivity index (χ3n) is 10.9. The number of carboxylic acids is 6. The summed E-state index contributed by atoms with van der Waals surface area (Å²) in [6.45, 7) is 0. The fraction of sp³-hybridized carbons (Fsp3) is 0. The average molecular weight is 863 g/mol. The number of carbonyl (C=O) groups is 8. The molecule has 0 spiro atoms. The summed E-state index contributed by atoms with van der Waals surface area (Å²) in [5, 5.41) is 85.5. The summed E-state index contributed by atoms with van der Waals surface area (Å²) in [6, 6.07) is 17.6. The van der Waals surface area contributed by atoms with E-state index in [0.717, 1.165) is 12.1 Å². The highest BCUT2D eigenvalue weighted by molar-refractivity contribution is 6.29. The molecule has 0 aliphatic carbocycles. The molecule has 2 aliphatic heterocycles. The Kier molecular flexibility index (Phi) is 8.64. The molecule has 0 fully saturated rings. The molecule has 0 amide bonds. The van der Waals surface area contributed by atoms with Crippen molar-refractivity contribution in [1.29, 1.82) is 0 Å². The van der Waals surface area contributed by atoms with Crippen LogP contribution < -0.4 is 0 Å². The molecule has 3 aromatic heterocycles. The number of fused-ring (bicyclic) bond motifs is 20. The lowest BCUT2D eigenvalue weighted by atomic mass is 9.95. The van der Waals surface area contributed by atoms with Gasteiger partial charge in [0, 0.05) is 43.8 Å². The maximum atomic E-state index is 13.8. The van der Waals surface area contributed by atoms with E-state index >= 15 is 0 Å². The number of nitrogens with zero attached hydrogens (tertiary/aromatic N) is 4. The molecule has 0 unspecified atom stereocenters. The SMILES string of the molecule is O=C(O)c1ccc2c(c1C(=O)O)c1c(C(=O)O)c3nc(c(C(=O)O)c4c5ccccc5c(c(C(=O)O)c5nc(c(C(=O)O)c2n1C(=O)O)-c1ccccc1-5)n4C(=O)O)-c1ccccc1-3. The van der Waals surface area contributed by atoms with E-state index in [9.17, 15) is 79.2 Å². The molecule has 8 N–H and O–H groups in total. The van der Waals surface area contributed by atoms with Gasteiger partial charge >= 0.3 is 48.0 Å². The Hall–Kier alpha value is -9.72. The number of carboxylic acid groups (broad SMARTS) is 8. The number of hydrogen-bond acceptors (Lipinski definition) is 10. The van der Waals surface area contributed by atoms with Gasteiger partial charge in [-0.05, 0) is 6.07 Å². The molecule has 7 aromatic rings. The minimum atomic E-state index is -2.13. The predicted molar refractivity (Wildman–Crippen MR) is 221 cm³/mol. The molecule has 0 saturated carbocycles. The van der Waals surface area contributed by atoms with Crippen LogP contribution >= 0.6 is 0 Å². The third-order valence-corrected chi connectivity index (χ3v) is 10.9. The zero-order chi connectivity index (χ0) is 45.8. The molecule has 20 nitrogen and oxygen atoms in total. The van der Waals surface area contributed by atoms with Crippen LogP contribution in [-0.2, 0) is 0 Å². The summed E-state index contributed by atoms with van der Waals surface area (Å²) in [7, 11) is 0. The van der Waals surface area contributed by atoms with Crippen LogP contribution in [0.1, 0.15) is 62.1 Å². The first-order chi connectivity index (χ1) is 30.5. The topological polar surface area (TPSA) is 334 Å². The average Bonchev–Trinajstić information content (AvgIpc) is 3.98. The highest BCUT2D eigenvalue weighted by atomic mass is 16.4. The highest BCUT2D eigenvalue weighted by Gasteiger charge is 2.38. The molecule has 5 heterocycles. The Morgan fingerprint density at radius 3 is 0.984 bits per heavy atom. The van der Waals surface area contributed by atoms with Crippen LogP contribution in [0.5, 0.6) is 0 Å². The van der Waals surface area contributed by atoms with Crippen molar-refractivity contribution < 1.29 is 79.2 Å². The largest absolute Gasteiger partial charge is 0.478 e. The molecular weight excluding hydrogens is 840 g/mol. The lowest BCUT2D eigenvalue weighted by Crippen LogP contribution is -2.14. The van der Waals surface area contributed by atoms with Gasteiger partial charge in [0.1, 0.15) is 22.3 Å². The van der Waals surface area contributed by atoms with Crippen molar-refractivity contribution in [2.45, 2.75) is 0 Å². The zero-order valence-corrected chi connectivity index (χ0v) is 31.7. The van der Waals surface area contributed by atoms with Crippen molar-refractivity contribution >= 4 is 91.6 Å². The summed E-state index contributed by atoms with van der Waals surface area (Å²) in [4.78, 5) is 117. The van der Waals surface area contributed by atoms with Crippen LogP contribution in [-0.4, -0.2) is 108 Å². The van der Waals surface area contributed by atoms with Crippen molar-refractivity contribution in [3.8, 4) is 45.0 Å². The third kappa shape index (κ3) is 5.35. The first-order valence-electron chi connectivity index (χ1n) is 18.3. The van der Waals surface area contributed by atoms with Crippen molar-refractivity contribution in [1.82, 2.24) is 19.1 Å². The van der Waals surface area contributed by atoms with Crippen LogP contribution in [0.15, 0.2) is 84.9 Å². The summed E-state index contributed by atoms with van der Waals surface area (Å²) in [5.74, 6) is -11.6. The Labute approximate surface area is 352 Å². The molecular formula is C44H22N4O16. The number of aromatic carboxylic acids is 6. The lowest BCUT2D eigenvalue weighted by molar-refractivity contribution is 0.0653. The van der Waals surface area contributed by atoms with Crippen molar-refractivity contribution in [2.24, 2.45) is 0 Å². The molecule has 0 radical (unpaired) electrons. The van der Waals surface area contributed by atoms with E-state index in [4.69, 9.17) is 0 Å². The number of hydrogen-bond donors (Lipinski definition) is 8. The second-order valence-electron chi connectivity index (χ2n) is 14.1. The van der Waals surface area contributed by atoms with Gasteiger partial charge in [-0.15, -0.1) is 0 Å². The summed E-state index contributed by atoms with van der Waals surface area (Å²) in [5.41, 5.74) is -13.0. The Balaban J connectivity index is 1.82. The molecule has 0 atom stereocenters. The van der Waals surface area contributed by atoms with Gasteiger partial charge in [-0.2, -0.15) is 0 Å². The van der Waals surface area contributed by atoms with Crippen molar-refractivity contribution in [3.05, 3.63) is 118 Å². The molecule has 2 aliphatic rings. The van der Waals surface area contributed by atoms with Gasteiger partial charge in [0.05, 0.1) is 56.0 Å². The van der Waals surface area contributed by atoms with E-state index in [1.165, 1.54) is 72.8 Å². The Morgan fingerprint density at radius 2 is 0.656 bits per heavy atom. The van der Waals surface area contributed by atoms with Crippen LogP contribution in [0.2, 0.25) is 0 Å². The molecule has 8 bridgehead atoms. The van der Waals surface area contributed by atoms with Crippen LogP contribution in [0.4, 0.5) is 9.59 Å². The first-order valence-corrected chi connectivity index (χ1v) is 18.3. The van der Waals surface area contributed by atoms with Crippen molar-refractivity contribution in [2.75, 3.05) is 0 Å². The van der Waals surface area contributed by atoms with Crippen LogP contribution in [0, 0.1) is 0 Å². The molecule has 0 saturated heterocycles. The van der Waals surface area contributed by atoms with Gasteiger partial charge in [0.15, 0.2) is 0 Å². The second-order valence-corrected chi connectivity index (χ2v) is 14.1. The maximum Gasteiger partial charge on any atom is 0.416 e. The zero-order valence-electron chi connectivity index (χ0n) is 31.7. The van der Waals surface area contributed by atoms with Crippen LogP contribution in [0.25, 0.3) is 88.6 Å². The normalized spacial score (nSPS) is 11.5. The maximum absolute atomic E-state index is 13.8. The molecule has 64 heavy (non-hydrogen) atoms. The second kappa shape index (κ2) is 13.9.